The second-order valence-electron chi connectivity index (χ2n) is 6.04. The second kappa shape index (κ2) is 6.22. The van der Waals surface area contributed by atoms with Crippen LogP contribution in [0.1, 0.15) is 13.8 Å². The zero-order chi connectivity index (χ0) is 16.8. The van der Waals surface area contributed by atoms with Crippen molar-refractivity contribution in [1.29, 1.82) is 0 Å². The van der Waals surface area contributed by atoms with E-state index in [0.29, 0.717) is 5.17 Å². The van der Waals surface area contributed by atoms with Gasteiger partial charge in [-0.05, 0) is 18.2 Å². The van der Waals surface area contributed by atoms with Gasteiger partial charge in [0.05, 0.1) is 17.5 Å². The molecule has 5 nitrogen and oxygen atoms in total. The first-order chi connectivity index (χ1) is 10.8. The SMILES string of the molecule is CC(C)C(=O)N=C1S[C@H]2CS(=O)(=O)C[C@H]2N1c1cccc(Br)c1. The summed E-state index contributed by atoms with van der Waals surface area (Å²) in [5.74, 6) is -0.125. The van der Waals surface area contributed by atoms with Gasteiger partial charge in [0, 0.05) is 21.3 Å². The Labute approximate surface area is 148 Å². The fourth-order valence-electron chi connectivity index (χ4n) is 2.72. The smallest absolute Gasteiger partial charge is 0.250 e. The number of fused-ring (bicyclic) bond motifs is 1. The van der Waals surface area contributed by atoms with Crippen molar-refractivity contribution in [3.8, 4) is 0 Å². The van der Waals surface area contributed by atoms with Crippen LogP contribution in [0.5, 0.6) is 0 Å². The quantitative estimate of drug-likeness (QED) is 0.741. The van der Waals surface area contributed by atoms with Crippen molar-refractivity contribution in [3.05, 3.63) is 28.7 Å². The third kappa shape index (κ3) is 3.49. The molecule has 1 aromatic rings. The van der Waals surface area contributed by atoms with Crippen LogP contribution >= 0.6 is 27.7 Å². The first kappa shape index (κ1) is 17.0. The molecule has 1 aromatic carbocycles. The number of carbonyl (C=O) groups is 1. The van der Waals surface area contributed by atoms with Crippen molar-refractivity contribution >= 4 is 54.3 Å². The number of rotatable bonds is 2. The van der Waals surface area contributed by atoms with Gasteiger partial charge in [-0.1, -0.05) is 47.6 Å². The lowest BCUT2D eigenvalue weighted by Crippen LogP contribution is -2.37. The normalized spacial score (nSPS) is 27.7. The van der Waals surface area contributed by atoms with Crippen LogP contribution in [-0.4, -0.2) is 42.3 Å². The number of carbonyl (C=O) groups excluding carboxylic acids is 1. The van der Waals surface area contributed by atoms with Crippen molar-refractivity contribution in [3.63, 3.8) is 0 Å². The molecule has 0 radical (unpaired) electrons. The lowest BCUT2D eigenvalue weighted by atomic mass is 10.2. The van der Waals surface area contributed by atoms with Gasteiger partial charge in [-0.15, -0.1) is 0 Å². The van der Waals surface area contributed by atoms with Crippen molar-refractivity contribution < 1.29 is 13.2 Å². The Morgan fingerprint density at radius 2 is 2.13 bits per heavy atom. The summed E-state index contributed by atoms with van der Waals surface area (Å²) in [6.07, 6.45) is 0. The molecule has 2 atom stereocenters. The lowest BCUT2D eigenvalue weighted by molar-refractivity contribution is -0.120. The van der Waals surface area contributed by atoms with Crippen LogP contribution in [0.2, 0.25) is 0 Å². The number of amides is 1. The summed E-state index contributed by atoms with van der Waals surface area (Å²) >= 11 is 4.84. The average Bonchev–Trinajstić information content (AvgIpc) is 2.89. The van der Waals surface area contributed by atoms with Crippen LogP contribution in [0.15, 0.2) is 33.7 Å². The first-order valence-electron chi connectivity index (χ1n) is 7.31. The summed E-state index contributed by atoms with van der Waals surface area (Å²) in [6.45, 7) is 3.61. The molecule has 1 amide bonds. The molecule has 8 heteroatoms. The van der Waals surface area contributed by atoms with E-state index in [0.717, 1.165) is 10.2 Å². The Morgan fingerprint density at radius 3 is 2.78 bits per heavy atom. The molecule has 0 aliphatic carbocycles. The van der Waals surface area contributed by atoms with Crippen LogP contribution in [0, 0.1) is 5.92 Å². The molecule has 0 bridgehead atoms. The molecule has 0 spiro atoms. The van der Waals surface area contributed by atoms with Crippen LogP contribution < -0.4 is 4.90 Å². The van der Waals surface area contributed by atoms with Crippen LogP contribution in [0.3, 0.4) is 0 Å². The van der Waals surface area contributed by atoms with Gasteiger partial charge in [0.1, 0.15) is 0 Å². The Morgan fingerprint density at radius 1 is 1.39 bits per heavy atom. The number of aliphatic imine (C=N–C) groups is 1. The monoisotopic (exact) mass is 416 g/mol. The Bertz CT molecular complexity index is 777. The molecular weight excluding hydrogens is 400 g/mol. The van der Waals surface area contributed by atoms with Gasteiger partial charge < -0.3 is 4.90 Å². The van der Waals surface area contributed by atoms with E-state index in [4.69, 9.17) is 0 Å². The van der Waals surface area contributed by atoms with Crippen LogP contribution in [0.25, 0.3) is 0 Å². The minimum atomic E-state index is -3.04. The van der Waals surface area contributed by atoms with E-state index in [1.165, 1.54) is 11.8 Å². The molecule has 23 heavy (non-hydrogen) atoms. The summed E-state index contributed by atoms with van der Waals surface area (Å²) in [6, 6.07) is 7.46. The number of anilines is 1. The number of nitrogens with zero attached hydrogens (tertiary/aromatic N) is 2. The van der Waals surface area contributed by atoms with Crippen LogP contribution in [-0.2, 0) is 14.6 Å². The highest BCUT2D eigenvalue weighted by atomic mass is 79.9. The largest absolute Gasteiger partial charge is 0.316 e. The van der Waals surface area contributed by atoms with Crippen molar-refractivity contribution in [2.45, 2.75) is 25.1 Å². The highest BCUT2D eigenvalue weighted by Gasteiger charge is 2.49. The Kier molecular flexibility index (Phi) is 4.59. The predicted molar refractivity (Wildman–Crippen MR) is 97.7 cm³/mol. The number of benzene rings is 1. The van der Waals surface area contributed by atoms with Gasteiger partial charge in [-0.2, -0.15) is 4.99 Å². The topological polar surface area (TPSA) is 66.8 Å². The zero-order valence-electron chi connectivity index (χ0n) is 12.8. The number of halogens is 1. The summed E-state index contributed by atoms with van der Waals surface area (Å²) < 4.78 is 24.8. The molecule has 2 aliphatic rings. The van der Waals surface area contributed by atoms with E-state index in [-0.39, 0.29) is 34.6 Å². The molecule has 3 rings (SSSR count). The molecule has 0 saturated carbocycles. The number of hydrogen-bond donors (Lipinski definition) is 0. The van der Waals surface area contributed by atoms with Crippen LogP contribution in [0.4, 0.5) is 5.69 Å². The number of sulfone groups is 1. The van der Waals surface area contributed by atoms with Crippen molar-refractivity contribution in [2.75, 3.05) is 16.4 Å². The van der Waals surface area contributed by atoms with E-state index in [1.54, 1.807) is 13.8 Å². The summed E-state index contributed by atoms with van der Waals surface area (Å²) in [7, 11) is -3.04. The molecule has 0 aromatic heterocycles. The second-order valence-corrected chi connectivity index (χ2v) is 10.3. The molecule has 2 saturated heterocycles. The Hall–Kier alpha value is -0.860. The van der Waals surface area contributed by atoms with Gasteiger partial charge in [0.25, 0.3) is 5.91 Å². The van der Waals surface area contributed by atoms with Gasteiger partial charge in [0.2, 0.25) is 0 Å². The highest BCUT2D eigenvalue weighted by molar-refractivity contribution is 9.10. The Balaban J connectivity index is 2.02. The van der Waals surface area contributed by atoms with Gasteiger partial charge in [-0.25, -0.2) is 8.42 Å². The minimum absolute atomic E-state index is 0.0716. The first-order valence-corrected chi connectivity index (χ1v) is 10.8. The summed E-state index contributed by atoms with van der Waals surface area (Å²) in [5, 5.41) is 0.532. The summed E-state index contributed by atoms with van der Waals surface area (Å²) in [5.41, 5.74) is 0.854. The third-order valence-corrected chi connectivity index (χ3v) is 7.56. The fraction of sp³-hybridized carbons (Fsp3) is 0.467. The minimum Gasteiger partial charge on any atom is -0.316 e. The summed E-state index contributed by atoms with van der Waals surface area (Å²) in [4.78, 5) is 18.2. The molecule has 124 valence electrons. The predicted octanol–water partition coefficient (Wildman–Crippen LogP) is 2.71. The lowest BCUT2D eigenvalue weighted by Gasteiger charge is -2.24. The van der Waals surface area contributed by atoms with Gasteiger partial charge >= 0.3 is 0 Å². The molecule has 2 heterocycles. The maximum atomic E-state index is 12.0. The van der Waals surface area contributed by atoms with E-state index >= 15 is 0 Å². The molecule has 0 N–H and O–H groups in total. The van der Waals surface area contributed by atoms with Gasteiger partial charge in [0.15, 0.2) is 15.0 Å². The maximum Gasteiger partial charge on any atom is 0.250 e. The fourth-order valence-corrected chi connectivity index (χ4v) is 7.02. The van der Waals surface area contributed by atoms with Crippen molar-refractivity contribution in [1.82, 2.24) is 0 Å². The third-order valence-electron chi connectivity index (χ3n) is 3.85. The van der Waals surface area contributed by atoms with Gasteiger partial charge in [-0.3, -0.25) is 4.79 Å². The molecule has 2 aliphatic heterocycles. The molecule has 2 fully saturated rings. The van der Waals surface area contributed by atoms with Crippen molar-refractivity contribution in [2.24, 2.45) is 10.9 Å². The van der Waals surface area contributed by atoms with E-state index < -0.39 is 9.84 Å². The standard InChI is InChI=1S/C15H17BrN2O3S2/c1-9(2)14(19)17-15-18(11-5-3-4-10(16)6-11)12-7-23(20,21)8-13(12)22-15/h3-6,9,12-13H,7-8H2,1-2H3/t12-,13+/m1/s1. The molecular formula is C15H17BrN2O3S2. The number of amidine groups is 1. The van der Waals surface area contributed by atoms with E-state index in [2.05, 4.69) is 20.9 Å². The molecule has 0 unspecified atom stereocenters. The zero-order valence-corrected chi connectivity index (χ0v) is 16.0. The van der Waals surface area contributed by atoms with E-state index in [1.807, 2.05) is 29.2 Å². The number of hydrogen-bond acceptors (Lipinski definition) is 4. The highest BCUT2D eigenvalue weighted by Crippen LogP contribution is 2.41. The maximum absolute atomic E-state index is 12.0. The number of thioether (sulfide) groups is 1. The van der Waals surface area contributed by atoms with E-state index in [9.17, 15) is 13.2 Å². The average molecular weight is 417 g/mol.